The molecule has 1 aromatic heterocycles. The lowest BCUT2D eigenvalue weighted by atomic mass is 10.2. The first-order valence-corrected chi connectivity index (χ1v) is 4.96. The largest absolute Gasteiger partial charge is 0.323 e. The van der Waals surface area contributed by atoms with Gasteiger partial charge in [-0.2, -0.15) is 0 Å². The average molecular weight is 269 g/mol. The fourth-order valence-corrected chi connectivity index (χ4v) is 2.26. The van der Waals surface area contributed by atoms with Crippen LogP contribution in [-0.4, -0.2) is 0 Å². The minimum absolute atomic E-state index is 0. The van der Waals surface area contributed by atoms with Gasteiger partial charge in [0.2, 0.25) is 0 Å². The normalized spacial score (nSPS) is 11.8. The molecule has 0 radical (unpaired) electrons. The molecule has 0 aromatic carbocycles. The Labute approximate surface area is 91.2 Å². The Balaban J connectivity index is 0.00000121. The Bertz CT molecular complexity index is 249. The molecule has 1 atom stereocenters. The van der Waals surface area contributed by atoms with Gasteiger partial charge in [0.05, 0.1) is 3.79 Å². The van der Waals surface area contributed by atoms with Crippen molar-refractivity contribution in [3.63, 3.8) is 0 Å². The first kappa shape index (κ1) is 12.2. The van der Waals surface area contributed by atoms with Crippen molar-refractivity contribution in [1.29, 1.82) is 0 Å². The molecule has 0 saturated carbocycles. The second-order valence-electron chi connectivity index (χ2n) is 2.27. The van der Waals surface area contributed by atoms with Crippen molar-refractivity contribution < 1.29 is 0 Å². The van der Waals surface area contributed by atoms with Gasteiger partial charge < -0.3 is 5.73 Å². The van der Waals surface area contributed by atoms with Gasteiger partial charge in [-0.1, -0.05) is 6.08 Å². The number of rotatable bonds is 3. The minimum Gasteiger partial charge on any atom is -0.323 e. The van der Waals surface area contributed by atoms with Gasteiger partial charge in [-0.25, -0.2) is 0 Å². The van der Waals surface area contributed by atoms with Crippen LogP contribution in [0.3, 0.4) is 0 Å². The molecule has 0 bridgehead atoms. The molecule has 1 nitrogen and oxygen atoms in total. The smallest absolute Gasteiger partial charge is 0.0701 e. The Morgan fingerprint density at radius 3 is 2.75 bits per heavy atom. The monoisotopic (exact) mass is 267 g/mol. The zero-order valence-electron chi connectivity index (χ0n) is 6.50. The van der Waals surface area contributed by atoms with Crippen molar-refractivity contribution in [1.82, 2.24) is 0 Å². The molecule has 0 aliphatic rings. The summed E-state index contributed by atoms with van der Waals surface area (Å²) in [4.78, 5) is 1.21. The molecular formula is C8H11BrClNS. The van der Waals surface area contributed by atoms with Crippen molar-refractivity contribution in [2.75, 3.05) is 0 Å². The van der Waals surface area contributed by atoms with E-state index in [-0.39, 0.29) is 18.4 Å². The summed E-state index contributed by atoms with van der Waals surface area (Å²) in [6.45, 7) is 3.65. The van der Waals surface area contributed by atoms with Gasteiger partial charge >= 0.3 is 0 Å². The first-order chi connectivity index (χ1) is 5.24. The van der Waals surface area contributed by atoms with Crippen LogP contribution in [0.25, 0.3) is 0 Å². The zero-order valence-corrected chi connectivity index (χ0v) is 9.71. The highest BCUT2D eigenvalue weighted by Gasteiger charge is 2.05. The molecule has 1 rings (SSSR count). The third-order valence-electron chi connectivity index (χ3n) is 1.38. The lowest BCUT2D eigenvalue weighted by Gasteiger charge is -2.03. The van der Waals surface area contributed by atoms with Gasteiger partial charge in [0.1, 0.15) is 0 Å². The van der Waals surface area contributed by atoms with E-state index >= 15 is 0 Å². The van der Waals surface area contributed by atoms with Crippen LogP contribution in [-0.2, 0) is 0 Å². The molecule has 12 heavy (non-hydrogen) atoms. The van der Waals surface area contributed by atoms with Crippen molar-refractivity contribution in [3.05, 3.63) is 33.5 Å². The van der Waals surface area contributed by atoms with E-state index in [9.17, 15) is 0 Å². The molecule has 4 heteroatoms. The standard InChI is InChI=1S/C8H10BrNS.ClH/c1-2-3-6(10)7-4-5-8(9)11-7;/h2,4-6H,1,3,10H2;1H/t6-;/m0./s1. The highest BCUT2D eigenvalue weighted by Crippen LogP contribution is 2.27. The fraction of sp³-hybridized carbons (Fsp3) is 0.250. The third kappa shape index (κ3) is 3.27. The molecule has 0 aliphatic heterocycles. The summed E-state index contributed by atoms with van der Waals surface area (Å²) in [5.74, 6) is 0. The fourth-order valence-electron chi connectivity index (χ4n) is 0.823. The summed E-state index contributed by atoms with van der Waals surface area (Å²) in [7, 11) is 0. The Morgan fingerprint density at radius 1 is 1.67 bits per heavy atom. The van der Waals surface area contributed by atoms with Crippen LogP contribution in [0, 0.1) is 0 Å². The second-order valence-corrected chi connectivity index (χ2v) is 4.77. The SMILES string of the molecule is C=CC[C@H](N)c1ccc(Br)s1.Cl. The van der Waals surface area contributed by atoms with Crippen LogP contribution in [0.2, 0.25) is 0 Å². The maximum absolute atomic E-state index is 5.84. The highest BCUT2D eigenvalue weighted by atomic mass is 79.9. The van der Waals surface area contributed by atoms with E-state index in [0.717, 1.165) is 10.2 Å². The molecule has 0 saturated heterocycles. The topological polar surface area (TPSA) is 26.0 Å². The lowest BCUT2D eigenvalue weighted by molar-refractivity contribution is 0.758. The van der Waals surface area contributed by atoms with E-state index < -0.39 is 0 Å². The number of hydrogen-bond acceptors (Lipinski definition) is 2. The highest BCUT2D eigenvalue weighted by molar-refractivity contribution is 9.11. The molecular weight excluding hydrogens is 258 g/mol. The number of hydrogen-bond donors (Lipinski definition) is 1. The summed E-state index contributed by atoms with van der Waals surface area (Å²) in [6, 6.07) is 4.18. The molecule has 1 aromatic rings. The van der Waals surface area contributed by atoms with Crippen molar-refractivity contribution in [2.24, 2.45) is 5.73 Å². The molecule has 2 N–H and O–H groups in total. The Morgan fingerprint density at radius 2 is 2.33 bits per heavy atom. The maximum Gasteiger partial charge on any atom is 0.0701 e. The van der Waals surface area contributed by atoms with Crippen LogP contribution < -0.4 is 5.73 Å². The molecule has 68 valence electrons. The predicted molar refractivity (Wildman–Crippen MR) is 61.0 cm³/mol. The number of halogens is 2. The molecule has 0 spiro atoms. The number of nitrogens with two attached hydrogens (primary N) is 1. The average Bonchev–Trinajstić information content (AvgIpc) is 2.36. The van der Waals surface area contributed by atoms with E-state index in [1.807, 2.05) is 18.2 Å². The van der Waals surface area contributed by atoms with Gasteiger partial charge in [0.25, 0.3) is 0 Å². The van der Waals surface area contributed by atoms with Gasteiger partial charge in [-0.15, -0.1) is 30.3 Å². The summed E-state index contributed by atoms with van der Waals surface area (Å²) < 4.78 is 1.13. The summed E-state index contributed by atoms with van der Waals surface area (Å²) in [5.41, 5.74) is 5.84. The lowest BCUT2D eigenvalue weighted by Crippen LogP contribution is -2.06. The van der Waals surface area contributed by atoms with Gasteiger partial charge in [-0.3, -0.25) is 0 Å². The van der Waals surface area contributed by atoms with Crippen molar-refractivity contribution in [3.8, 4) is 0 Å². The molecule has 0 fully saturated rings. The molecule has 0 amide bonds. The summed E-state index contributed by atoms with van der Waals surface area (Å²) >= 11 is 5.07. The quantitative estimate of drug-likeness (QED) is 0.834. The summed E-state index contributed by atoms with van der Waals surface area (Å²) in [5, 5.41) is 0. The van der Waals surface area contributed by atoms with E-state index in [2.05, 4.69) is 22.5 Å². The second kappa shape index (κ2) is 5.75. The van der Waals surface area contributed by atoms with Crippen LogP contribution in [0.15, 0.2) is 28.6 Å². The van der Waals surface area contributed by atoms with Crippen LogP contribution in [0.1, 0.15) is 17.3 Å². The third-order valence-corrected chi connectivity index (χ3v) is 3.14. The predicted octanol–water partition coefficient (Wildman–Crippen LogP) is 3.51. The van der Waals surface area contributed by atoms with Crippen molar-refractivity contribution in [2.45, 2.75) is 12.5 Å². The minimum atomic E-state index is 0. The van der Waals surface area contributed by atoms with Gasteiger partial charge in [0.15, 0.2) is 0 Å². The van der Waals surface area contributed by atoms with Gasteiger partial charge in [0, 0.05) is 10.9 Å². The molecule has 1 heterocycles. The Hall–Kier alpha value is 0.170. The van der Waals surface area contributed by atoms with Crippen molar-refractivity contribution >= 4 is 39.7 Å². The summed E-state index contributed by atoms with van der Waals surface area (Å²) in [6.07, 6.45) is 2.69. The van der Waals surface area contributed by atoms with E-state index in [1.165, 1.54) is 4.88 Å². The van der Waals surface area contributed by atoms with Crippen LogP contribution in [0.4, 0.5) is 0 Å². The van der Waals surface area contributed by atoms with Gasteiger partial charge in [-0.05, 0) is 34.5 Å². The van der Waals surface area contributed by atoms with E-state index in [1.54, 1.807) is 11.3 Å². The zero-order chi connectivity index (χ0) is 8.27. The molecule has 0 aliphatic carbocycles. The maximum atomic E-state index is 5.84. The first-order valence-electron chi connectivity index (χ1n) is 3.35. The van der Waals surface area contributed by atoms with E-state index in [0.29, 0.717) is 0 Å². The van der Waals surface area contributed by atoms with Crippen LogP contribution >= 0.6 is 39.7 Å². The molecule has 0 unspecified atom stereocenters. The van der Waals surface area contributed by atoms with E-state index in [4.69, 9.17) is 5.73 Å². The Kier molecular flexibility index (Phi) is 5.84. The van der Waals surface area contributed by atoms with Crippen LogP contribution in [0.5, 0.6) is 0 Å². The number of thiophene rings is 1.